The van der Waals surface area contributed by atoms with E-state index >= 15 is 0 Å². The summed E-state index contributed by atoms with van der Waals surface area (Å²) in [5, 5.41) is 10.3. The molecule has 9 rings (SSSR count). The molecule has 0 aliphatic rings. The molecule has 5 heteroatoms. The van der Waals surface area contributed by atoms with Crippen molar-refractivity contribution in [2.75, 3.05) is 0 Å². The molecule has 0 aliphatic heterocycles. The molecule has 0 saturated heterocycles. The molecule has 201 valence electrons. The minimum absolute atomic E-state index is 0. The van der Waals surface area contributed by atoms with Crippen molar-refractivity contribution >= 4 is 49.0 Å². The fraction of sp³-hybridized carbons (Fsp3) is 0. The van der Waals surface area contributed by atoms with Gasteiger partial charge in [-0.1, -0.05) is 90.5 Å². The van der Waals surface area contributed by atoms with E-state index in [-0.39, 0.29) is 20.1 Å². The summed E-state index contributed by atoms with van der Waals surface area (Å²) in [7, 11) is 0. The van der Waals surface area contributed by atoms with Crippen LogP contribution >= 0.6 is 0 Å². The Kier molecular flexibility index (Phi) is 5.64. The standard InChI is InChI=1S/C37H22N3O.Ir/c1-2-9-28(10-3-1)39-34-12-5-4-11-29(34)32-21-27(14-16-35(32)39)25-8-6-7-24(19-25)26-13-15-30-31(20-26)33-22-41-23-37(33)40-36(30)17-18-38-40;/h1-22H;/q-1;. The van der Waals surface area contributed by atoms with E-state index in [0.29, 0.717) is 0 Å². The van der Waals surface area contributed by atoms with E-state index < -0.39 is 0 Å². The van der Waals surface area contributed by atoms with Crippen LogP contribution in [-0.4, -0.2) is 14.2 Å². The second-order valence-electron chi connectivity index (χ2n) is 10.5. The molecule has 9 aromatic rings. The van der Waals surface area contributed by atoms with Gasteiger partial charge in [-0.2, -0.15) is 5.10 Å². The van der Waals surface area contributed by atoms with E-state index in [9.17, 15) is 0 Å². The first-order valence-corrected chi connectivity index (χ1v) is 13.7. The second-order valence-corrected chi connectivity index (χ2v) is 10.5. The molecule has 4 heterocycles. The molecule has 0 atom stereocenters. The molecular formula is C37H22IrN3O-. The summed E-state index contributed by atoms with van der Waals surface area (Å²) in [6, 6.07) is 43.5. The van der Waals surface area contributed by atoms with Gasteiger partial charge in [-0.25, -0.2) is 0 Å². The number of pyridine rings is 1. The SMILES string of the molecule is [Ir].[c-]1occ2c3cc(-c4cccc(-c5ccc6c(c5)c5ccccc5n6-c5ccccc5)c4)ccc3c3ccnn3c12. The molecule has 4 aromatic heterocycles. The maximum Gasteiger partial charge on any atom is 0.0712 e. The Hall–Kier alpha value is -4.96. The van der Waals surface area contributed by atoms with Crippen molar-refractivity contribution < 1.29 is 24.5 Å². The van der Waals surface area contributed by atoms with Gasteiger partial charge in [-0.05, 0) is 75.6 Å². The van der Waals surface area contributed by atoms with Crippen molar-refractivity contribution in [1.29, 1.82) is 0 Å². The van der Waals surface area contributed by atoms with Gasteiger partial charge < -0.3 is 8.98 Å². The monoisotopic (exact) mass is 717 g/mol. The number of furan rings is 1. The van der Waals surface area contributed by atoms with Gasteiger partial charge in [0.2, 0.25) is 0 Å². The molecule has 0 amide bonds. The summed E-state index contributed by atoms with van der Waals surface area (Å²) in [6.07, 6.45) is 6.58. The number of benzene rings is 5. The van der Waals surface area contributed by atoms with Crippen LogP contribution in [0, 0.1) is 6.26 Å². The molecule has 0 aliphatic carbocycles. The molecular weight excluding hydrogens is 695 g/mol. The van der Waals surface area contributed by atoms with Gasteiger partial charge >= 0.3 is 0 Å². The van der Waals surface area contributed by atoms with Crippen LogP contribution in [0.25, 0.3) is 76.9 Å². The first kappa shape index (κ1) is 24.8. The topological polar surface area (TPSA) is 35.4 Å². The van der Waals surface area contributed by atoms with E-state index in [2.05, 4.69) is 131 Å². The van der Waals surface area contributed by atoms with Crippen molar-refractivity contribution in [3.05, 3.63) is 140 Å². The largest absolute Gasteiger partial charge is 0.596 e. The van der Waals surface area contributed by atoms with Crippen LogP contribution < -0.4 is 0 Å². The number of aromatic nitrogens is 3. The van der Waals surface area contributed by atoms with Crippen molar-refractivity contribution in [1.82, 2.24) is 14.2 Å². The molecule has 4 nitrogen and oxygen atoms in total. The first-order chi connectivity index (χ1) is 20.3. The smallest absolute Gasteiger partial charge is 0.0712 e. The van der Waals surface area contributed by atoms with Crippen LogP contribution in [0.5, 0.6) is 0 Å². The minimum atomic E-state index is 0. The number of hydrogen-bond acceptors (Lipinski definition) is 2. The Morgan fingerprint density at radius 2 is 1.21 bits per heavy atom. The maximum absolute atomic E-state index is 5.48. The van der Waals surface area contributed by atoms with Gasteiger partial charge in [0.05, 0.1) is 16.6 Å². The summed E-state index contributed by atoms with van der Waals surface area (Å²) < 4.78 is 9.73. The van der Waals surface area contributed by atoms with Gasteiger partial charge in [0.15, 0.2) is 0 Å². The van der Waals surface area contributed by atoms with Gasteiger partial charge in [0.1, 0.15) is 0 Å². The minimum Gasteiger partial charge on any atom is -0.596 e. The Bertz CT molecular complexity index is 2430. The van der Waals surface area contributed by atoms with Crippen LogP contribution in [-0.2, 0) is 20.1 Å². The zero-order chi connectivity index (χ0) is 26.9. The molecule has 0 unspecified atom stereocenters. The summed E-state index contributed by atoms with van der Waals surface area (Å²) in [5.41, 5.74) is 10.2. The van der Waals surface area contributed by atoms with Crippen LogP contribution in [0.2, 0.25) is 0 Å². The van der Waals surface area contributed by atoms with E-state index in [4.69, 9.17) is 4.42 Å². The second kappa shape index (κ2) is 9.56. The first-order valence-electron chi connectivity index (χ1n) is 13.7. The molecule has 0 spiro atoms. The Balaban J connectivity index is 0.00000267. The van der Waals surface area contributed by atoms with E-state index in [0.717, 1.165) is 32.8 Å². The van der Waals surface area contributed by atoms with Crippen LogP contribution in [0.1, 0.15) is 0 Å². The van der Waals surface area contributed by atoms with Crippen molar-refractivity contribution in [2.45, 2.75) is 0 Å². The molecule has 0 bridgehead atoms. The Morgan fingerprint density at radius 1 is 0.524 bits per heavy atom. The molecule has 0 N–H and O–H groups in total. The summed E-state index contributed by atoms with van der Waals surface area (Å²) >= 11 is 0. The van der Waals surface area contributed by atoms with Crippen LogP contribution in [0.3, 0.4) is 0 Å². The molecule has 1 radical (unpaired) electrons. The molecule has 0 saturated carbocycles. The quantitative estimate of drug-likeness (QED) is 0.171. The summed E-state index contributed by atoms with van der Waals surface area (Å²) in [4.78, 5) is 0. The van der Waals surface area contributed by atoms with Gasteiger partial charge in [0.25, 0.3) is 0 Å². The Morgan fingerprint density at radius 3 is 2.07 bits per heavy atom. The fourth-order valence-corrected chi connectivity index (χ4v) is 6.34. The summed E-state index contributed by atoms with van der Waals surface area (Å²) in [5.74, 6) is 0. The van der Waals surface area contributed by atoms with Crippen LogP contribution in [0.4, 0.5) is 0 Å². The van der Waals surface area contributed by atoms with E-state index in [1.54, 1.807) is 6.26 Å². The predicted octanol–water partition coefficient (Wildman–Crippen LogP) is 9.46. The third kappa shape index (κ3) is 3.61. The third-order valence-corrected chi connectivity index (χ3v) is 8.24. The number of para-hydroxylation sites is 2. The predicted molar refractivity (Wildman–Crippen MR) is 167 cm³/mol. The zero-order valence-corrected chi connectivity index (χ0v) is 24.7. The number of nitrogens with zero attached hydrogens (tertiary/aromatic N) is 3. The zero-order valence-electron chi connectivity index (χ0n) is 22.3. The van der Waals surface area contributed by atoms with E-state index in [1.165, 1.54) is 44.2 Å². The molecule has 5 aromatic carbocycles. The van der Waals surface area contributed by atoms with E-state index in [1.807, 2.05) is 16.8 Å². The van der Waals surface area contributed by atoms with Gasteiger partial charge in [-0.15, -0.1) is 5.39 Å². The van der Waals surface area contributed by atoms with Gasteiger partial charge in [0, 0.05) is 49.0 Å². The average molecular weight is 717 g/mol. The fourth-order valence-electron chi connectivity index (χ4n) is 6.34. The number of rotatable bonds is 3. The van der Waals surface area contributed by atoms with Crippen molar-refractivity contribution in [2.24, 2.45) is 0 Å². The van der Waals surface area contributed by atoms with Gasteiger partial charge in [-0.3, -0.25) is 4.52 Å². The number of fused-ring (bicyclic) bond motifs is 9. The Labute approximate surface area is 254 Å². The number of hydrogen-bond donors (Lipinski definition) is 0. The molecule has 42 heavy (non-hydrogen) atoms. The summed E-state index contributed by atoms with van der Waals surface area (Å²) in [6.45, 7) is 0. The van der Waals surface area contributed by atoms with Crippen molar-refractivity contribution in [3.8, 4) is 27.9 Å². The maximum atomic E-state index is 5.48. The van der Waals surface area contributed by atoms with Crippen molar-refractivity contribution in [3.63, 3.8) is 0 Å². The average Bonchev–Trinajstić information content (AvgIpc) is 3.79. The molecule has 0 fully saturated rings. The van der Waals surface area contributed by atoms with Crippen LogP contribution in [0.15, 0.2) is 138 Å². The normalized spacial score (nSPS) is 11.6. The third-order valence-electron chi connectivity index (χ3n) is 8.24.